The Bertz CT molecular complexity index is 363. The summed E-state index contributed by atoms with van der Waals surface area (Å²) in [5.41, 5.74) is 7.51. The van der Waals surface area contributed by atoms with E-state index in [-0.39, 0.29) is 0 Å². The average molecular weight is 378 g/mol. The molecule has 0 heterocycles. The Morgan fingerprint density at radius 1 is 0.750 bits per heavy atom. The van der Waals surface area contributed by atoms with Crippen LogP contribution in [0.1, 0.15) is 0 Å². The number of hydrogen-bond donors (Lipinski definition) is 0. The quantitative estimate of drug-likeness (QED) is 0.422. The van der Waals surface area contributed by atoms with Crippen molar-refractivity contribution in [3.63, 3.8) is 0 Å². The van der Waals surface area contributed by atoms with Gasteiger partial charge in [-0.3, -0.25) is 0 Å². The Morgan fingerprint density at radius 3 is 1.25 bits per heavy atom. The van der Waals surface area contributed by atoms with Crippen molar-refractivity contribution in [2.75, 3.05) is 0 Å². The van der Waals surface area contributed by atoms with Gasteiger partial charge in [0.25, 0.3) is 0 Å². The van der Waals surface area contributed by atoms with Crippen LogP contribution >= 0.6 is 31.9 Å². The van der Waals surface area contributed by atoms with Gasteiger partial charge in [0.15, 0.2) is 0 Å². The standard InChI is InChI=1S/C12H18Br2Si2/c1-15(2,3)9-7-11(12(13)14)8-10-16(4,5)6/h1-6H3. The summed E-state index contributed by atoms with van der Waals surface area (Å²) in [6, 6.07) is 0. The summed E-state index contributed by atoms with van der Waals surface area (Å²) in [4.78, 5) is 0. The molecule has 0 unspecified atom stereocenters. The van der Waals surface area contributed by atoms with Gasteiger partial charge < -0.3 is 0 Å². The fourth-order valence-corrected chi connectivity index (χ4v) is 2.02. The van der Waals surface area contributed by atoms with Crippen LogP contribution in [0.25, 0.3) is 0 Å². The highest BCUT2D eigenvalue weighted by Gasteiger charge is 2.09. The molecule has 0 aromatic carbocycles. The highest BCUT2D eigenvalue weighted by Crippen LogP contribution is 2.18. The van der Waals surface area contributed by atoms with Gasteiger partial charge in [-0.05, 0) is 31.9 Å². The molecule has 0 radical (unpaired) electrons. The summed E-state index contributed by atoms with van der Waals surface area (Å²) >= 11 is 6.80. The molecule has 0 nitrogen and oxygen atoms in total. The third-order valence-electron chi connectivity index (χ3n) is 1.31. The SMILES string of the molecule is C[Si](C)(C)C#CC(C#C[Si](C)(C)C)=C(Br)Br. The summed E-state index contributed by atoms with van der Waals surface area (Å²) < 4.78 is 0.858. The topological polar surface area (TPSA) is 0 Å². The molecule has 0 bridgehead atoms. The molecule has 0 spiro atoms. The average Bonchev–Trinajstić information content (AvgIpc) is 1.98. The van der Waals surface area contributed by atoms with Crippen molar-refractivity contribution in [3.05, 3.63) is 8.96 Å². The summed E-state index contributed by atoms with van der Waals surface area (Å²) in [6.45, 7) is 13.4. The Labute approximate surface area is 119 Å². The van der Waals surface area contributed by atoms with Gasteiger partial charge in [-0.2, -0.15) is 0 Å². The van der Waals surface area contributed by atoms with Gasteiger partial charge in [-0.15, -0.1) is 11.1 Å². The van der Waals surface area contributed by atoms with Crippen LogP contribution in [-0.2, 0) is 0 Å². The van der Waals surface area contributed by atoms with Gasteiger partial charge in [0.05, 0.1) is 8.96 Å². The van der Waals surface area contributed by atoms with E-state index in [1.165, 1.54) is 0 Å². The first-order valence-electron chi connectivity index (χ1n) is 5.13. The van der Waals surface area contributed by atoms with Crippen molar-refractivity contribution in [1.29, 1.82) is 0 Å². The fraction of sp³-hybridized carbons (Fsp3) is 0.500. The maximum atomic E-state index is 3.40. The van der Waals surface area contributed by atoms with Gasteiger partial charge in [0, 0.05) is 0 Å². The van der Waals surface area contributed by atoms with Crippen molar-refractivity contribution in [2.24, 2.45) is 0 Å². The van der Waals surface area contributed by atoms with Crippen LogP contribution in [0.4, 0.5) is 0 Å². The van der Waals surface area contributed by atoms with Crippen molar-refractivity contribution >= 4 is 48.0 Å². The summed E-state index contributed by atoms with van der Waals surface area (Å²) in [5, 5.41) is 0. The lowest BCUT2D eigenvalue weighted by Gasteiger charge is -2.04. The maximum absolute atomic E-state index is 3.40. The molecule has 0 N–H and O–H groups in total. The molecule has 16 heavy (non-hydrogen) atoms. The molecule has 0 rings (SSSR count). The predicted molar refractivity (Wildman–Crippen MR) is 87.1 cm³/mol. The molecule has 0 amide bonds. The van der Waals surface area contributed by atoms with Crippen LogP contribution in [0.15, 0.2) is 8.96 Å². The number of halogens is 2. The largest absolute Gasteiger partial charge is 0.129 e. The number of rotatable bonds is 0. The second kappa shape index (κ2) is 6.26. The van der Waals surface area contributed by atoms with Crippen LogP contribution < -0.4 is 0 Å². The molecule has 0 aliphatic carbocycles. The summed E-state index contributed by atoms with van der Waals surface area (Å²) in [7, 11) is -2.67. The Hall–Kier alpha value is 0.254. The minimum absolute atomic E-state index is 0.858. The van der Waals surface area contributed by atoms with Crippen LogP contribution in [0.5, 0.6) is 0 Å². The molecular weight excluding hydrogens is 360 g/mol. The second-order valence-electron chi connectivity index (χ2n) is 5.64. The van der Waals surface area contributed by atoms with E-state index in [2.05, 4.69) is 94.1 Å². The smallest absolute Gasteiger partial charge is 0.126 e. The van der Waals surface area contributed by atoms with E-state index in [1.807, 2.05) is 0 Å². The molecule has 0 aliphatic rings. The number of allylic oxidation sites excluding steroid dienone is 1. The zero-order valence-corrected chi connectivity index (χ0v) is 15.9. The van der Waals surface area contributed by atoms with E-state index in [1.54, 1.807) is 0 Å². The van der Waals surface area contributed by atoms with Gasteiger partial charge in [0.2, 0.25) is 0 Å². The monoisotopic (exact) mass is 376 g/mol. The third-order valence-corrected chi connectivity index (χ3v) is 3.86. The normalized spacial score (nSPS) is 10.8. The van der Waals surface area contributed by atoms with Crippen LogP contribution in [0, 0.1) is 22.9 Å². The highest BCUT2D eigenvalue weighted by atomic mass is 79.9. The molecule has 0 aromatic heterocycles. The maximum Gasteiger partial charge on any atom is 0.129 e. The number of hydrogen-bond acceptors (Lipinski definition) is 0. The van der Waals surface area contributed by atoms with Crippen molar-refractivity contribution in [2.45, 2.75) is 39.3 Å². The minimum Gasteiger partial charge on any atom is -0.126 e. The molecule has 0 saturated carbocycles. The van der Waals surface area contributed by atoms with Gasteiger partial charge in [-0.1, -0.05) is 51.1 Å². The third kappa shape index (κ3) is 9.48. The van der Waals surface area contributed by atoms with Crippen molar-refractivity contribution in [1.82, 2.24) is 0 Å². The first-order chi connectivity index (χ1) is 7.01. The lowest BCUT2D eigenvalue weighted by Crippen LogP contribution is -2.17. The Morgan fingerprint density at radius 2 is 1.06 bits per heavy atom. The van der Waals surface area contributed by atoms with E-state index in [4.69, 9.17) is 0 Å². The molecule has 0 aromatic rings. The Kier molecular flexibility index (Phi) is 6.36. The minimum atomic E-state index is -1.33. The molecule has 0 fully saturated rings. The van der Waals surface area contributed by atoms with E-state index in [0.717, 1.165) is 8.96 Å². The zero-order chi connectivity index (χ0) is 13.0. The predicted octanol–water partition coefficient (Wildman–Crippen LogP) is 4.75. The summed E-state index contributed by atoms with van der Waals surface area (Å²) in [5.74, 6) is 6.36. The van der Waals surface area contributed by atoms with Crippen LogP contribution in [0.3, 0.4) is 0 Å². The second-order valence-corrected chi connectivity index (χ2v) is 17.8. The molecular formula is C12H18Br2Si2. The lowest BCUT2D eigenvalue weighted by molar-refractivity contribution is 1.79. The molecule has 88 valence electrons. The van der Waals surface area contributed by atoms with Crippen molar-refractivity contribution < 1.29 is 0 Å². The molecule has 0 atom stereocenters. The Balaban J connectivity index is 5.15. The van der Waals surface area contributed by atoms with Gasteiger partial charge in [-0.25, -0.2) is 0 Å². The van der Waals surface area contributed by atoms with E-state index in [0.29, 0.717) is 0 Å². The van der Waals surface area contributed by atoms with E-state index in [9.17, 15) is 0 Å². The summed E-state index contributed by atoms with van der Waals surface area (Å²) in [6.07, 6.45) is 0. The highest BCUT2D eigenvalue weighted by molar-refractivity contribution is 9.28. The first kappa shape index (κ1) is 16.3. The molecule has 0 aliphatic heterocycles. The van der Waals surface area contributed by atoms with Crippen LogP contribution in [-0.4, -0.2) is 16.1 Å². The van der Waals surface area contributed by atoms with Gasteiger partial charge in [0.1, 0.15) is 16.1 Å². The lowest BCUT2D eigenvalue weighted by atomic mass is 10.3. The fourth-order valence-electron chi connectivity index (χ4n) is 0.626. The first-order valence-corrected chi connectivity index (χ1v) is 13.7. The van der Waals surface area contributed by atoms with E-state index >= 15 is 0 Å². The van der Waals surface area contributed by atoms with Gasteiger partial charge >= 0.3 is 0 Å². The van der Waals surface area contributed by atoms with E-state index < -0.39 is 16.1 Å². The van der Waals surface area contributed by atoms with Crippen molar-refractivity contribution in [3.8, 4) is 22.9 Å². The zero-order valence-electron chi connectivity index (χ0n) is 10.8. The van der Waals surface area contributed by atoms with Crippen LogP contribution in [0.2, 0.25) is 39.3 Å². The molecule has 4 heteroatoms. The molecule has 0 saturated heterocycles.